The average Bonchev–Trinajstić information content (AvgIpc) is 3.44. The second-order valence-corrected chi connectivity index (χ2v) is 9.02. The van der Waals surface area contributed by atoms with Crippen molar-refractivity contribution in [1.29, 1.82) is 0 Å². The normalized spacial score (nSPS) is 12.8. The highest BCUT2D eigenvalue weighted by Gasteiger charge is 2.31. The number of amides is 3. The smallest absolute Gasteiger partial charge is 0.331 e. The molecular formula is C25H32N10O3. The van der Waals surface area contributed by atoms with Gasteiger partial charge in [-0.15, -0.1) is 0 Å². The van der Waals surface area contributed by atoms with Crippen molar-refractivity contribution >= 4 is 46.6 Å². The number of rotatable bonds is 10. The molecule has 0 saturated heterocycles. The molecule has 0 bridgehead atoms. The Morgan fingerprint density at radius 3 is 2.71 bits per heavy atom. The van der Waals surface area contributed by atoms with E-state index >= 15 is 0 Å². The fourth-order valence-electron chi connectivity index (χ4n) is 3.98. The fourth-order valence-corrected chi connectivity index (χ4v) is 3.98. The first-order chi connectivity index (χ1) is 18.2. The maximum Gasteiger partial charge on any atom is 0.331 e. The van der Waals surface area contributed by atoms with Crippen LogP contribution in [0.5, 0.6) is 5.75 Å². The number of hydrogen-bond donors (Lipinski definition) is 3. The molecule has 200 valence electrons. The van der Waals surface area contributed by atoms with Gasteiger partial charge in [0.1, 0.15) is 17.4 Å². The van der Waals surface area contributed by atoms with Crippen LogP contribution in [0.25, 0.3) is 0 Å². The van der Waals surface area contributed by atoms with Crippen LogP contribution in [0.15, 0.2) is 43.2 Å². The standard InChI is InChI=1S/C25H32N10O3/c1-7-22(36)28-17-12-18(20(38-6)13-19(17)33(4)11-10-32(2)3)29-24-26-14-16-15-35(21-8-9-27-31-21)25(37)34(5)23(16)30-24/h7-9,12-14H,1,10-11,15H2,2-6H3,(H,27,31)(H,28,36)(H,26,29,30). The van der Waals surface area contributed by atoms with Crippen LogP contribution in [0.4, 0.5) is 39.4 Å². The third-order valence-electron chi connectivity index (χ3n) is 6.08. The third kappa shape index (κ3) is 5.52. The van der Waals surface area contributed by atoms with Crippen LogP contribution in [0.1, 0.15) is 5.56 Å². The summed E-state index contributed by atoms with van der Waals surface area (Å²) >= 11 is 0. The zero-order valence-electron chi connectivity index (χ0n) is 22.1. The molecule has 0 spiro atoms. The Morgan fingerprint density at radius 2 is 2.05 bits per heavy atom. The molecule has 3 amide bonds. The summed E-state index contributed by atoms with van der Waals surface area (Å²) in [5.74, 6) is 1.54. The predicted molar refractivity (Wildman–Crippen MR) is 148 cm³/mol. The van der Waals surface area contributed by atoms with Crippen molar-refractivity contribution in [2.75, 3.05) is 73.7 Å². The molecule has 13 nitrogen and oxygen atoms in total. The monoisotopic (exact) mass is 520 g/mol. The molecule has 3 heterocycles. The Balaban J connectivity index is 1.65. The maximum absolute atomic E-state index is 13.0. The topological polar surface area (TPSA) is 135 Å². The summed E-state index contributed by atoms with van der Waals surface area (Å²) in [5, 5.41) is 12.8. The van der Waals surface area contributed by atoms with Crippen molar-refractivity contribution < 1.29 is 14.3 Å². The summed E-state index contributed by atoms with van der Waals surface area (Å²) < 4.78 is 5.66. The summed E-state index contributed by atoms with van der Waals surface area (Å²) in [7, 11) is 9.17. The van der Waals surface area contributed by atoms with Crippen LogP contribution < -0.4 is 30.1 Å². The lowest BCUT2D eigenvalue weighted by Gasteiger charge is -2.33. The predicted octanol–water partition coefficient (Wildman–Crippen LogP) is 2.65. The largest absolute Gasteiger partial charge is 0.494 e. The lowest BCUT2D eigenvalue weighted by molar-refractivity contribution is -0.111. The highest BCUT2D eigenvalue weighted by Crippen LogP contribution is 2.38. The van der Waals surface area contributed by atoms with Crippen molar-refractivity contribution in [3.05, 3.63) is 48.8 Å². The molecule has 1 aromatic carbocycles. The minimum absolute atomic E-state index is 0.247. The summed E-state index contributed by atoms with van der Waals surface area (Å²) in [6.07, 6.45) is 4.48. The molecule has 0 aliphatic carbocycles. The van der Waals surface area contributed by atoms with Crippen LogP contribution >= 0.6 is 0 Å². The maximum atomic E-state index is 13.0. The molecule has 13 heteroatoms. The highest BCUT2D eigenvalue weighted by atomic mass is 16.5. The number of H-pyrrole nitrogens is 1. The van der Waals surface area contributed by atoms with Gasteiger partial charge < -0.3 is 25.2 Å². The molecule has 2 aromatic heterocycles. The number of benzene rings is 1. The molecule has 3 N–H and O–H groups in total. The fraction of sp³-hybridized carbons (Fsp3) is 0.320. The number of carbonyl (C=O) groups excluding carboxylic acids is 2. The Hall–Kier alpha value is -4.65. The van der Waals surface area contributed by atoms with Gasteiger partial charge in [0, 0.05) is 51.1 Å². The molecule has 0 atom stereocenters. The van der Waals surface area contributed by atoms with Gasteiger partial charge in [-0.1, -0.05) is 6.58 Å². The number of fused-ring (bicyclic) bond motifs is 1. The molecule has 3 aromatic rings. The van der Waals surface area contributed by atoms with Crippen LogP contribution in [-0.2, 0) is 11.3 Å². The van der Waals surface area contributed by atoms with E-state index in [4.69, 9.17) is 4.74 Å². The molecule has 38 heavy (non-hydrogen) atoms. The van der Waals surface area contributed by atoms with E-state index in [1.54, 1.807) is 43.6 Å². The number of nitrogens with one attached hydrogen (secondary N) is 3. The van der Waals surface area contributed by atoms with E-state index in [0.717, 1.165) is 24.3 Å². The molecule has 0 saturated carbocycles. The van der Waals surface area contributed by atoms with Gasteiger partial charge in [0.25, 0.3) is 0 Å². The Morgan fingerprint density at radius 1 is 1.26 bits per heavy atom. The van der Waals surface area contributed by atoms with Crippen LogP contribution in [0.2, 0.25) is 0 Å². The second-order valence-electron chi connectivity index (χ2n) is 9.02. The van der Waals surface area contributed by atoms with E-state index in [-0.39, 0.29) is 17.9 Å². The number of aromatic amines is 1. The zero-order chi connectivity index (χ0) is 27.4. The van der Waals surface area contributed by atoms with Crippen molar-refractivity contribution in [3.8, 4) is 5.75 Å². The van der Waals surface area contributed by atoms with Gasteiger partial charge in [0.2, 0.25) is 11.9 Å². The van der Waals surface area contributed by atoms with Crippen LogP contribution in [-0.4, -0.2) is 85.4 Å². The minimum Gasteiger partial charge on any atom is -0.494 e. The minimum atomic E-state index is -0.338. The van der Waals surface area contributed by atoms with E-state index < -0.39 is 0 Å². The number of carbonyl (C=O) groups is 2. The van der Waals surface area contributed by atoms with Gasteiger partial charge in [0.15, 0.2) is 0 Å². The first-order valence-electron chi connectivity index (χ1n) is 11.9. The SMILES string of the molecule is C=CC(=O)Nc1cc(Nc2ncc3c(n2)N(C)C(=O)N(c2ccn[nH]2)C3)c(OC)cc1N(C)CCN(C)C. The van der Waals surface area contributed by atoms with E-state index in [2.05, 4.69) is 42.3 Å². The molecule has 0 fully saturated rings. The molecule has 0 unspecified atom stereocenters. The third-order valence-corrected chi connectivity index (χ3v) is 6.08. The van der Waals surface area contributed by atoms with E-state index in [1.807, 2.05) is 32.1 Å². The summed E-state index contributed by atoms with van der Waals surface area (Å²) in [5.41, 5.74) is 2.66. The Bertz CT molecular complexity index is 1330. The van der Waals surface area contributed by atoms with E-state index in [9.17, 15) is 9.59 Å². The Labute approximate surface area is 221 Å². The average molecular weight is 521 g/mol. The van der Waals surface area contributed by atoms with E-state index in [1.165, 1.54) is 11.0 Å². The molecule has 1 aliphatic heterocycles. The molecule has 0 radical (unpaired) electrons. The van der Waals surface area contributed by atoms with Gasteiger partial charge in [-0.25, -0.2) is 9.78 Å². The van der Waals surface area contributed by atoms with Crippen molar-refractivity contribution in [2.45, 2.75) is 6.54 Å². The van der Waals surface area contributed by atoms with Crippen molar-refractivity contribution in [3.63, 3.8) is 0 Å². The second kappa shape index (κ2) is 11.2. The Kier molecular flexibility index (Phi) is 7.76. The lowest BCUT2D eigenvalue weighted by atomic mass is 10.2. The quantitative estimate of drug-likeness (QED) is 0.345. The van der Waals surface area contributed by atoms with Gasteiger partial charge in [-0.05, 0) is 26.2 Å². The first kappa shape index (κ1) is 26.4. The summed E-state index contributed by atoms with van der Waals surface area (Å²) in [6.45, 7) is 5.40. The van der Waals surface area contributed by atoms with Crippen molar-refractivity contribution in [2.24, 2.45) is 0 Å². The van der Waals surface area contributed by atoms with Crippen LogP contribution in [0, 0.1) is 0 Å². The molecule has 4 rings (SSSR count). The van der Waals surface area contributed by atoms with Crippen LogP contribution in [0.3, 0.4) is 0 Å². The van der Waals surface area contributed by atoms with Gasteiger partial charge in [-0.3, -0.25) is 19.7 Å². The number of aromatic nitrogens is 4. The summed E-state index contributed by atoms with van der Waals surface area (Å²) in [6, 6.07) is 5.08. The zero-order valence-corrected chi connectivity index (χ0v) is 22.1. The van der Waals surface area contributed by atoms with Gasteiger partial charge in [-0.2, -0.15) is 10.1 Å². The number of likely N-dealkylation sites (N-methyl/N-ethyl adjacent to an activating group) is 2. The number of ether oxygens (including phenoxy) is 1. The van der Waals surface area contributed by atoms with Gasteiger partial charge in [0.05, 0.1) is 36.9 Å². The van der Waals surface area contributed by atoms with Gasteiger partial charge >= 0.3 is 6.03 Å². The number of methoxy groups -OCH3 is 1. The number of nitrogens with zero attached hydrogens (tertiary/aromatic N) is 7. The first-order valence-corrected chi connectivity index (χ1v) is 11.9. The lowest BCUT2D eigenvalue weighted by Crippen LogP contribution is -2.46. The molecular weight excluding hydrogens is 488 g/mol. The van der Waals surface area contributed by atoms with E-state index in [0.29, 0.717) is 35.3 Å². The summed E-state index contributed by atoms with van der Waals surface area (Å²) in [4.78, 5) is 41.4. The molecule has 1 aliphatic rings. The van der Waals surface area contributed by atoms with Crippen molar-refractivity contribution in [1.82, 2.24) is 25.1 Å². The number of anilines is 6. The number of hydrogen-bond acceptors (Lipinski definition) is 9. The number of urea groups is 1. The highest BCUT2D eigenvalue weighted by molar-refractivity contribution is 6.04.